The maximum absolute atomic E-state index is 13.8. The molecule has 0 saturated carbocycles. The third-order valence-electron chi connectivity index (χ3n) is 5.25. The number of ether oxygens (including phenoxy) is 3. The number of anilines is 1. The first-order chi connectivity index (χ1) is 17.6. The van der Waals surface area contributed by atoms with Gasteiger partial charge in [0, 0.05) is 14.7 Å². The number of nitrogens with one attached hydrogen (secondary N) is 1. The summed E-state index contributed by atoms with van der Waals surface area (Å²) < 4.78 is 45.5. The second kappa shape index (κ2) is 12.5. The molecule has 0 fully saturated rings. The summed E-state index contributed by atoms with van der Waals surface area (Å²) in [7, 11) is -0.0721. The lowest BCUT2D eigenvalue weighted by Crippen LogP contribution is -2.40. The Kier molecular flexibility index (Phi) is 9.62. The Bertz CT molecular complexity index is 1410. The van der Waals surface area contributed by atoms with Crippen LogP contribution in [0.2, 0.25) is 5.02 Å². The van der Waals surface area contributed by atoms with Crippen LogP contribution in [0.4, 0.5) is 5.69 Å². The fourth-order valence-electron chi connectivity index (χ4n) is 3.33. The molecule has 0 saturated heterocycles. The first-order valence-corrected chi connectivity index (χ1v) is 13.7. The van der Waals surface area contributed by atoms with Gasteiger partial charge < -0.3 is 14.2 Å². The van der Waals surface area contributed by atoms with Crippen molar-refractivity contribution < 1.29 is 27.4 Å². The number of amides is 1. The van der Waals surface area contributed by atoms with E-state index in [4.69, 9.17) is 25.8 Å². The van der Waals surface area contributed by atoms with Crippen LogP contribution < -0.4 is 23.9 Å². The van der Waals surface area contributed by atoms with Gasteiger partial charge in [-0.1, -0.05) is 23.7 Å². The van der Waals surface area contributed by atoms with Crippen LogP contribution in [0.1, 0.15) is 12.5 Å². The summed E-state index contributed by atoms with van der Waals surface area (Å²) in [6.07, 6.45) is 0. The molecule has 0 aliphatic rings. The molecule has 0 aliphatic carbocycles. The van der Waals surface area contributed by atoms with Gasteiger partial charge in [-0.15, -0.1) is 0 Å². The minimum absolute atomic E-state index is 0.0817. The van der Waals surface area contributed by atoms with Crippen molar-refractivity contribution in [1.82, 2.24) is 5.43 Å². The van der Waals surface area contributed by atoms with Gasteiger partial charge in [-0.2, -0.15) is 5.10 Å². The second-order valence-corrected chi connectivity index (χ2v) is 11.1. The van der Waals surface area contributed by atoms with E-state index >= 15 is 0 Å². The molecule has 0 bridgehead atoms. The molecule has 1 N–H and O–H groups in total. The zero-order chi connectivity index (χ0) is 27.2. The van der Waals surface area contributed by atoms with Crippen molar-refractivity contribution in [2.24, 2.45) is 5.10 Å². The number of methoxy groups -OCH3 is 3. The van der Waals surface area contributed by atoms with Gasteiger partial charge in [0.25, 0.3) is 15.9 Å². The minimum Gasteiger partial charge on any atom is -0.495 e. The Morgan fingerprint density at radius 1 is 0.946 bits per heavy atom. The molecule has 0 radical (unpaired) electrons. The lowest BCUT2D eigenvalue weighted by Gasteiger charge is -2.26. The van der Waals surface area contributed by atoms with Gasteiger partial charge >= 0.3 is 0 Å². The maximum Gasteiger partial charge on any atom is 0.265 e. The van der Waals surface area contributed by atoms with Crippen molar-refractivity contribution in [2.75, 3.05) is 32.2 Å². The molecule has 0 unspecified atom stereocenters. The molecule has 0 heterocycles. The maximum atomic E-state index is 13.8. The van der Waals surface area contributed by atoms with Crippen LogP contribution in [0.5, 0.6) is 17.2 Å². The van der Waals surface area contributed by atoms with E-state index in [1.165, 1.54) is 51.7 Å². The predicted octanol–water partition coefficient (Wildman–Crippen LogP) is 4.71. The van der Waals surface area contributed by atoms with E-state index in [9.17, 15) is 13.2 Å². The highest BCUT2D eigenvalue weighted by atomic mass is 127. The van der Waals surface area contributed by atoms with Crippen LogP contribution >= 0.6 is 34.2 Å². The number of benzene rings is 3. The van der Waals surface area contributed by atoms with E-state index in [-0.39, 0.29) is 27.1 Å². The normalized spacial score (nSPS) is 11.6. The lowest BCUT2D eigenvalue weighted by atomic mass is 10.1. The van der Waals surface area contributed by atoms with Crippen LogP contribution in [0, 0.1) is 3.57 Å². The summed E-state index contributed by atoms with van der Waals surface area (Å²) in [5.41, 5.74) is 3.88. The van der Waals surface area contributed by atoms with Crippen molar-refractivity contribution in [2.45, 2.75) is 11.8 Å². The highest BCUT2D eigenvalue weighted by molar-refractivity contribution is 14.1. The lowest BCUT2D eigenvalue weighted by molar-refractivity contribution is -0.119. The minimum atomic E-state index is -4.30. The Hall–Kier alpha value is -3.03. The van der Waals surface area contributed by atoms with Crippen molar-refractivity contribution in [3.63, 3.8) is 0 Å². The van der Waals surface area contributed by atoms with Crippen molar-refractivity contribution in [3.8, 4) is 17.2 Å². The summed E-state index contributed by atoms with van der Waals surface area (Å²) in [5.74, 6) is 0.103. The molecule has 37 heavy (non-hydrogen) atoms. The van der Waals surface area contributed by atoms with E-state index in [1.54, 1.807) is 13.0 Å². The number of hydrogen-bond donors (Lipinski definition) is 1. The Morgan fingerprint density at radius 3 is 2.19 bits per heavy atom. The summed E-state index contributed by atoms with van der Waals surface area (Å²) in [6, 6.07) is 16.2. The Balaban J connectivity index is 2.00. The van der Waals surface area contributed by atoms with Crippen LogP contribution in [-0.4, -0.2) is 47.9 Å². The van der Waals surface area contributed by atoms with Crippen LogP contribution in [0.15, 0.2) is 70.7 Å². The Morgan fingerprint density at radius 2 is 1.57 bits per heavy atom. The van der Waals surface area contributed by atoms with Gasteiger partial charge in [-0.25, -0.2) is 13.8 Å². The van der Waals surface area contributed by atoms with Crippen molar-refractivity contribution >= 4 is 61.5 Å². The van der Waals surface area contributed by atoms with E-state index in [2.05, 4.69) is 33.1 Å². The van der Waals surface area contributed by atoms with E-state index in [1.807, 2.05) is 24.3 Å². The number of nitrogens with zero attached hydrogens (tertiary/aromatic N) is 2. The molecule has 3 aromatic rings. The molecule has 0 aliphatic heterocycles. The molecule has 0 aromatic heterocycles. The average molecular weight is 658 g/mol. The summed E-state index contributed by atoms with van der Waals surface area (Å²) in [5, 5.41) is 4.40. The topological polar surface area (TPSA) is 107 Å². The van der Waals surface area contributed by atoms with E-state index < -0.39 is 22.5 Å². The fourth-order valence-corrected chi connectivity index (χ4v) is 5.29. The SMILES string of the molecule is COc1ccc(S(=O)(=O)N(CC(=O)N/N=C(/C)c2ccc(I)cc2)c2cc(Cl)ccc2OC)cc1OC. The predicted molar refractivity (Wildman–Crippen MR) is 152 cm³/mol. The number of rotatable bonds is 10. The van der Waals surface area contributed by atoms with Gasteiger partial charge in [-0.3, -0.25) is 9.10 Å². The molecule has 196 valence electrons. The number of carbonyl (C=O) groups excluding carboxylic acids is 1. The van der Waals surface area contributed by atoms with Gasteiger partial charge in [0.2, 0.25) is 0 Å². The number of carbonyl (C=O) groups is 1. The smallest absolute Gasteiger partial charge is 0.265 e. The zero-order valence-corrected chi connectivity index (χ0v) is 24.2. The molecule has 3 aromatic carbocycles. The molecule has 0 spiro atoms. The monoisotopic (exact) mass is 657 g/mol. The third kappa shape index (κ3) is 6.84. The second-order valence-electron chi connectivity index (χ2n) is 7.58. The molecule has 9 nitrogen and oxygen atoms in total. The summed E-state index contributed by atoms with van der Waals surface area (Å²) >= 11 is 8.38. The van der Waals surface area contributed by atoms with Gasteiger partial charge in [0.05, 0.1) is 37.6 Å². The van der Waals surface area contributed by atoms with Crippen molar-refractivity contribution in [3.05, 3.63) is 74.8 Å². The molecule has 1 amide bonds. The highest BCUT2D eigenvalue weighted by Gasteiger charge is 2.30. The average Bonchev–Trinajstić information content (AvgIpc) is 2.90. The van der Waals surface area contributed by atoms with Gasteiger partial charge in [-0.05, 0) is 77.5 Å². The first-order valence-electron chi connectivity index (χ1n) is 10.8. The van der Waals surface area contributed by atoms with Crippen LogP contribution in [0.25, 0.3) is 0 Å². The van der Waals surface area contributed by atoms with Gasteiger partial charge in [0.15, 0.2) is 11.5 Å². The number of hydrogen-bond acceptors (Lipinski definition) is 7. The quantitative estimate of drug-likeness (QED) is 0.193. The largest absolute Gasteiger partial charge is 0.495 e. The van der Waals surface area contributed by atoms with Crippen molar-refractivity contribution in [1.29, 1.82) is 0 Å². The molecule has 12 heteroatoms. The summed E-state index contributed by atoms with van der Waals surface area (Å²) in [6.45, 7) is 1.14. The fraction of sp³-hybridized carbons (Fsp3) is 0.200. The molecule has 0 atom stereocenters. The summed E-state index contributed by atoms with van der Waals surface area (Å²) in [4.78, 5) is 12.8. The van der Waals surface area contributed by atoms with Crippen LogP contribution in [0.3, 0.4) is 0 Å². The number of hydrazone groups is 1. The standard InChI is InChI=1S/C25H25ClIN3O6S/c1-16(17-5-8-19(27)9-6-17)28-29-25(31)15-30(21-13-18(26)7-11-22(21)34-2)37(32,33)20-10-12-23(35-3)24(14-20)36-4/h5-14H,15H2,1-4H3,(H,29,31)/b28-16-. The third-order valence-corrected chi connectivity index (χ3v) is 7.96. The van der Waals surface area contributed by atoms with E-state index in [0.29, 0.717) is 11.5 Å². The first kappa shape index (κ1) is 28.5. The highest BCUT2D eigenvalue weighted by Crippen LogP contribution is 2.36. The number of halogens is 2. The molecule has 3 rings (SSSR count). The zero-order valence-electron chi connectivity index (χ0n) is 20.5. The molecular formula is C25H25ClIN3O6S. The number of sulfonamides is 1. The van der Waals surface area contributed by atoms with Crippen LogP contribution in [-0.2, 0) is 14.8 Å². The Labute approximate surface area is 234 Å². The van der Waals surface area contributed by atoms with E-state index in [0.717, 1.165) is 13.4 Å². The molecular weight excluding hydrogens is 633 g/mol. The van der Waals surface area contributed by atoms with Gasteiger partial charge in [0.1, 0.15) is 12.3 Å².